The van der Waals surface area contributed by atoms with E-state index in [1.54, 1.807) is 30.5 Å². The van der Waals surface area contributed by atoms with E-state index < -0.39 is 11.9 Å². The van der Waals surface area contributed by atoms with Gasteiger partial charge in [0.2, 0.25) is 0 Å². The van der Waals surface area contributed by atoms with Crippen LogP contribution in [-0.4, -0.2) is 16.1 Å². The van der Waals surface area contributed by atoms with Gasteiger partial charge in [0.15, 0.2) is 0 Å². The van der Waals surface area contributed by atoms with Gasteiger partial charge in [-0.3, -0.25) is 9.78 Å². The van der Waals surface area contributed by atoms with Crippen LogP contribution in [0.3, 0.4) is 0 Å². The number of hydrogen-bond donors (Lipinski definition) is 1. The predicted octanol–water partition coefficient (Wildman–Crippen LogP) is 3.15. The number of benzene rings is 1. The highest BCUT2D eigenvalue weighted by Crippen LogP contribution is 2.22. The molecule has 0 bridgehead atoms. The molecule has 0 amide bonds. The minimum absolute atomic E-state index is 0.373. The third-order valence-electron chi connectivity index (χ3n) is 2.71. The highest BCUT2D eigenvalue weighted by molar-refractivity contribution is 6.30. The summed E-state index contributed by atoms with van der Waals surface area (Å²) in [5, 5.41) is 9.89. The van der Waals surface area contributed by atoms with Crippen molar-refractivity contribution in [2.45, 2.75) is 12.3 Å². The van der Waals surface area contributed by atoms with E-state index >= 15 is 0 Å². The Bertz CT molecular complexity index is 525. The second kappa shape index (κ2) is 5.65. The zero-order chi connectivity index (χ0) is 13.0. The van der Waals surface area contributed by atoms with Gasteiger partial charge in [-0.25, -0.2) is 0 Å². The average Bonchev–Trinajstić information content (AvgIpc) is 2.38. The standard InChI is InChI=1S/C14H12ClNO2/c15-11-6-4-10(5-7-11)13(14(17)18)9-12-3-1-2-8-16-12/h1-8,13H,9H2,(H,17,18)/t13-/m1/s1. The van der Waals surface area contributed by atoms with Gasteiger partial charge in [0.05, 0.1) is 5.92 Å². The van der Waals surface area contributed by atoms with E-state index in [9.17, 15) is 9.90 Å². The first kappa shape index (κ1) is 12.6. The minimum Gasteiger partial charge on any atom is -0.481 e. The summed E-state index contributed by atoms with van der Waals surface area (Å²) >= 11 is 5.80. The summed E-state index contributed by atoms with van der Waals surface area (Å²) in [6.45, 7) is 0. The van der Waals surface area contributed by atoms with Crippen LogP contribution in [0.15, 0.2) is 48.7 Å². The number of pyridine rings is 1. The molecule has 1 N–H and O–H groups in total. The van der Waals surface area contributed by atoms with E-state index in [1.165, 1.54) is 0 Å². The second-order valence-corrected chi connectivity index (χ2v) is 4.40. The summed E-state index contributed by atoms with van der Waals surface area (Å²) in [5.41, 5.74) is 1.50. The van der Waals surface area contributed by atoms with Crippen molar-refractivity contribution in [1.82, 2.24) is 4.98 Å². The van der Waals surface area contributed by atoms with Gasteiger partial charge in [-0.15, -0.1) is 0 Å². The first-order chi connectivity index (χ1) is 8.66. The van der Waals surface area contributed by atoms with E-state index in [1.807, 2.05) is 18.2 Å². The van der Waals surface area contributed by atoms with Crippen molar-refractivity contribution in [2.24, 2.45) is 0 Å². The Morgan fingerprint density at radius 3 is 2.50 bits per heavy atom. The number of aliphatic carboxylic acids is 1. The molecule has 0 aliphatic rings. The van der Waals surface area contributed by atoms with Gasteiger partial charge in [-0.2, -0.15) is 0 Å². The third kappa shape index (κ3) is 3.08. The van der Waals surface area contributed by atoms with Crippen LogP contribution in [0.25, 0.3) is 0 Å². The molecule has 1 heterocycles. The van der Waals surface area contributed by atoms with E-state index in [2.05, 4.69) is 4.98 Å². The van der Waals surface area contributed by atoms with Crippen LogP contribution in [0.4, 0.5) is 0 Å². The zero-order valence-electron chi connectivity index (χ0n) is 9.58. The van der Waals surface area contributed by atoms with Gasteiger partial charge in [-0.1, -0.05) is 29.8 Å². The van der Waals surface area contributed by atoms with Crippen molar-refractivity contribution in [3.63, 3.8) is 0 Å². The fourth-order valence-electron chi connectivity index (χ4n) is 1.77. The maximum atomic E-state index is 11.3. The normalized spacial score (nSPS) is 12.1. The van der Waals surface area contributed by atoms with Gasteiger partial charge < -0.3 is 5.11 Å². The van der Waals surface area contributed by atoms with Crippen LogP contribution in [-0.2, 0) is 11.2 Å². The van der Waals surface area contributed by atoms with E-state index in [0.717, 1.165) is 11.3 Å². The molecule has 0 spiro atoms. The fourth-order valence-corrected chi connectivity index (χ4v) is 1.90. The molecule has 0 fully saturated rings. The minimum atomic E-state index is -0.858. The molecule has 92 valence electrons. The number of carbonyl (C=O) groups is 1. The molecule has 1 aromatic heterocycles. The first-order valence-electron chi connectivity index (χ1n) is 5.55. The molecular formula is C14H12ClNO2. The van der Waals surface area contributed by atoms with E-state index in [-0.39, 0.29) is 0 Å². The van der Waals surface area contributed by atoms with Crippen molar-refractivity contribution in [3.8, 4) is 0 Å². The van der Waals surface area contributed by atoms with Crippen LogP contribution in [0.2, 0.25) is 5.02 Å². The molecule has 1 atom stereocenters. The lowest BCUT2D eigenvalue weighted by molar-refractivity contribution is -0.138. The lowest BCUT2D eigenvalue weighted by atomic mass is 9.94. The van der Waals surface area contributed by atoms with Gasteiger partial charge in [0, 0.05) is 23.3 Å². The summed E-state index contributed by atoms with van der Waals surface area (Å²) < 4.78 is 0. The number of nitrogens with zero attached hydrogens (tertiary/aromatic N) is 1. The zero-order valence-corrected chi connectivity index (χ0v) is 10.3. The Balaban J connectivity index is 2.24. The van der Waals surface area contributed by atoms with Gasteiger partial charge in [0.1, 0.15) is 0 Å². The van der Waals surface area contributed by atoms with Crippen LogP contribution >= 0.6 is 11.6 Å². The van der Waals surface area contributed by atoms with E-state index in [4.69, 9.17) is 11.6 Å². The Kier molecular flexibility index (Phi) is 3.95. The lowest BCUT2D eigenvalue weighted by Crippen LogP contribution is -2.15. The summed E-state index contributed by atoms with van der Waals surface area (Å²) in [6.07, 6.45) is 2.04. The number of aromatic nitrogens is 1. The van der Waals surface area contributed by atoms with Crippen molar-refractivity contribution < 1.29 is 9.90 Å². The van der Waals surface area contributed by atoms with Crippen LogP contribution in [0.1, 0.15) is 17.2 Å². The molecule has 2 aromatic rings. The molecule has 0 aliphatic heterocycles. The van der Waals surface area contributed by atoms with Crippen molar-refractivity contribution in [2.75, 3.05) is 0 Å². The smallest absolute Gasteiger partial charge is 0.311 e. The topological polar surface area (TPSA) is 50.2 Å². The highest BCUT2D eigenvalue weighted by atomic mass is 35.5. The maximum absolute atomic E-state index is 11.3. The number of rotatable bonds is 4. The lowest BCUT2D eigenvalue weighted by Gasteiger charge is -2.12. The van der Waals surface area contributed by atoms with Gasteiger partial charge >= 0.3 is 5.97 Å². The summed E-state index contributed by atoms with van der Waals surface area (Å²) in [6, 6.07) is 12.4. The molecule has 2 rings (SSSR count). The number of carboxylic acid groups (broad SMARTS) is 1. The molecule has 0 radical (unpaired) electrons. The Labute approximate surface area is 110 Å². The van der Waals surface area contributed by atoms with E-state index in [0.29, 0.717) is 11.4 Å². The van der Waals surface area contributed by atoms with Crippen molar-refractivity contribution >= 4 is 17.6 Å². The van der Waals surface area contributed by atoms with Crippen LogP contribution in [0, 0.1) is 0 Å². The Morgan fingerprint density at radius 1 is 1.22 bits per heavy atom. The fraction of sp³-hybridized carbons (Fsp3) is 0.143. The van der Waals surface area contributed by atoms with Crippen LogP contribution in [0.5, 0.6) is 0 Å². The highest BCUT2D eigenvalue weighted by Gasteiger charge is 2.20. The molecule has 18 heavy (non-hydrogen) atoms. The van der Waals surface area contributed by atoms with Gasteiger partial charge in [0.25, 0.3) is 0 Å². The first-order valence-corrected chi connectivity index (χ1v) is 5.93. The molecule has 0 unspecified atom stereocenters. The maximum Gasteiger partial charge on any atom is 0.311 e. The summed E-state index contributed by atoms with van der Waals surface area (Å²) in [7, 11) is 0. The third-order valence-corrected chi connectivity index (χ3v) is 2.96. The number of carboxylic acids is 1. The predicted molar refractivity (Wildman–Crippen MR) is 69.8 cm³/mol. The molecule has 1 aromatic carbocycles. The Morgan fingerprint density at radius 2 is 1.94 bits per heavy atom. The quantitative estimate of drug-likeness (QED) is 0.920. The van der Waals surface area contributed by atoms with Gasteiger partial charge in [-0.05, 0) is 29.8 Å². The molecule has 0 aliphatic carbocycles. The summed E-state index contributed by atoms with van der Waals surface area (Å²) in [5.74, 6) is -1.46. The molecule has 4 heteroatoms. The second-order valence-electron chi connectivity index (χ2n) is 3.97. The number of halogens is 1. The molecular weight excluding hydrogens is 250 g/mol. The van der Waals surface area contributed by atoms with Crippen LogP contribution < -0.4 is 0 Å². The molecule has 0 saturated heterocycles. The van der Waals surface area contributed by atoms with Crippen molar-refractivity contribution in [3.05, 3.63) is 64.9 Å². The Hall–Kier alpha value is -1.87. The number of hydrogen-bond acceptors (Lipinski definition) is 2. The average molecular weight is 262 g/mol. The largest absolute Gasteiger partial charge is 0.481 e. The molecule has 0 saturated carbocycles. The van der Waals surface area contributed by atoms with Crippen molar-refractivity contribution in [1.29, 1.82) is 0 Å². The monoisotopic (exact) mass is 261 g/mol. The SMILES string of the molecule is O=C(O)[C@H](Cc1ccccn1)c1ccc(Cl)cc1. The molecule has 3 nitrogen and oxygen atoms in total. The summed E-state index contributed by atoms with van der Waals surface area (Å²) in [4.78, 5) is 15.5.